The highest BCUT2D eigenvalue weighted by Crippen LogP contribution is 2.01. The van der Waals surface area contributed by atoms with E-state index < -0.39 is 30.1 Å². The summed E-state index contributed by atoms with van der Waals surface area (Å²) < 4.78 is 5.02. The van der Waals surface area contributed by atoms with Crippen LogP contribution in [0.15, 0.2) is 30.3 Å². The van der Waals surface area contributed by atoms with Crippen molar-refractivity contribution in [3.05, 3.63) is 35.9 Å². The van der Waals surface area contributed by atoms with Crippen molar-refractivity contribution in [2.24, 2.45) is 5.73 Å². The molecule has 0 saturated carbocycles. The van der Waals surface area contributed by atoms with Gasteiger partial charge in [0.05, 0.1) is 0 Å². The van der Waals surface area contributed by atoms with Gasteiger partial charge in [0.15, 0.2) is 5.96 Å². The Morgan fingerprint density at radius 2 is 1.89 bits per heavy atom. The molecule has 0 radical (unpaired) electrons. The van der Waals surface area contributed by atoms with E-state index in [1.165, 1.54) is 6.92 Å². The summed E-state index contributed by atoms with van der Waals surface area (Å²) in [5.41, 5.74) is 5.93. The van der Waals surface area contributed by atoms with Gasteiger partial charge >= 0.3 is 12.1 Å². The minimum Gasteiger partial charge on any atom is -0.480 e. The molecule has 0 aliphatic carbocycles. The molecule has 2 amide bonds. The van der Waals surface area contributed by atoms with Gasteiger partial charge in [0.2, 0.25) is 5.91 Å². The molecule has 10 heteroatoms. The predicted octanol–water partition coefficient (Wildman–Crippen LogP) is 0.134. The molecule has 2 atom stereocenters. The maximum Gasteiger partial charge on any atom is 0.408 e. The highest BCUT2D eigenvalue weighted by molar-refractivity contribution is 5.88. The van der Waals surface area contributed by atoms with Crippen LogP contribution in [0.25, 0.3) is 0 Å². The van der Waals surface area contributed by atoms with E-state index in [1.54, 1.807) is 12.1 Å². The molecular weight excluding hydrogens is 354 g/mol. The van der Waals surface area contributed by atoms with E-state index in [2.05, 4.69) is 16.0 Å². The fourth-order valence-electron chi connectivity index (χ4n) is 2.09. The highest BCUT2D eigenvalue weighted by atomic mass is 16.5. The molecule has 148 valence electrons. The number of guanidine groups is 1. The molecule has 0 fully saturated rings. The Bertz CT molecular complexity index is 652. The van der Waals surface area contributed by atoms with Gasteiger partial charge in [-0.25, -0.2) is 9.59 Å². The normalized spacial score (nSPS) is 12.3. The van der Waals surface area contributed by atoms with E-state index in [9.17, 15) is 19.5 Å². The first-order chi connectivity index (χ1) is 12.8. The van der Waals surface area contributed by atoms with Gasteiger partial charge in [0, 0.05) is 6.54 Å². The van der Waals surface area contributed by atoms with Crippen molar-refractivity contribution in [3.8, 4) is 0 Å². The number of amides is 2. The zero-order chi connectivity index (χ0) is 20.2. The molecule has 0 heterocycles. The molecule has 1 rings (SSSR count). The maximum absolute atomic E-state index is 12.1. The molecule has 0 aromatic heterocycles. The van der Waals surface area contributed by atoms with E-state index in [4.69, 9.17) is 15.9 Å². The number of rotatable bonds is 10. The second-order valence-corrected chi connectivity index (χ2v) is 5.81. The number of alkyl carbamates (subject to hydrolysis) is 1. The van der Waals surface area contributed by atoms with Crippen molar-refractivity contribution in [2.75, 3.05) is 6.54 Å². The number of carbonyl (C=O) groups is 3. The summed E-state index contributed by atoms with van der Waals surface area (Å²) in [5, 5.41) is 23.5. The van der Waals surface area contributed by atoms with Gasteiger partial charge in [-0.05, 0) is 25.3 Å². The lowest BCUT2D eigenvalue weighted by molar-refractivity contribution is -0.142. The number of hydrogen-bond acceptors (Lipinski definition) is 5. The minimum atomic E-state index is -1.19. The van der Waals surface area contributed by atoms with Crippen LogP contribution in [0.5, 0.6) is 0 Å². The first-order valence-corrected chi connectivity index (χ1v) is 8.38. The second-order valence-electron chi connectivity index (χ2n) is 5.81. The zero-order valence-electron chi connectivity index (χ0n) is 15.0. The second kappa shape index (κ2) is 11.3. The monoisotopic (exact) mass is 379 g/mol. The quantitative estimate of drug-likeness (QED) is 0.191. The summed E-state index contributed by atoms with van der Waals surface area (Å²) in [5.74, 6) is -2.04. The Morgan fingerprint density at radius 3 is 2.48 bits per heavy atom. The Morgan fingerprint density at radius 1 is 1.22 bits per heavy atom. The van der Waals surface area contributed by atoms with E-state index in [0.717, 1.165) is 5.56 Å². The number of carbonyl (C=O) groups excluding carboxylic acids is 2. The van der Waals surface area contributed by atoms with E-state index in [0.29, 0.717) is 13.0 Å². The summed E-state index contributed by atoms with van der Waals surface area (Å²) in [6, 6.07) is 6.96. The lowest BCUT2D eigenvalue weighted by Gasteiger charge is -2.18. The molecule has 0 spiro atoms. The lowest BCUT2D eigenvalue weighted by Crippen LogP contribution is -2.50. The molecule has 0 aliphatic rings. The number of nitrogens with two attached hydrogens (primary N) is 1. The summed E-state index contributed by atoms with van der Waals surface area (Å²) in [6.07, 6.45) is -0.247. The number of ether oxygens (including phenoxy) is 1. The standard InChI is InChI=1S/C17H25N5O5/c1-11(21-17(26)27-10-12-6-3-2-4-7-12)14(23)22-13(15(24)25)8-5-9-20-16(18)19/h2-4,6-7,11,13H,5,8-10H2,1H3,(H,21,26)(H,22,23)(H,24,25)(H4,18,19,20). The smallest absolute Gasteiger partial charge is 0.408 e. The first kappa shape index (κ1) is 21.7. The van der Waals surface area contributed by atoms with Crippen LogP contribution in [-0.2, 0) is 20.9 Å². The maximum atomic E-state index is 12.1. The third-order valence-corrected chi connectivity index (χ3v) is 3.54. The molecule has 1 aromatic carbocycles. The van der Waals surface area contributed by atoms with Crippen molar-refractivity contribution < 1.29 is 24.2 Å². The average molecular weight is 379 g/mol. The Hall–Kier alpha value is -3.30. The molecule has 2 unspecified atom stereocenters. The van der Waals surface area contributed by atoms with Gasteiger partial charge in [0.25, 0.3) is 0 Å². The molecule has 1 aromatic rings. The topological polar surface area (TPSA) is 167 Å². The summed E-state index contributed by atoms with van der Waals surface area (Å²) in [7, 11) is 0. The largest absolute Gasteiger partial charge is 0.480 e. The highest BCUT2D eigenvalue weighted by Gasteiger charge is 2.23. The van der Waals surface area contributed by atoms with Gasteiger partial charge < -0.3 is 31.5 Å². The van der Waals surface area contributed by atoms with E-state index in [-0.39, 0.29) is 19.0 Å². The number of carboxylic acids is 1. The van der Waals surface area contributed by atoms with Crippen LogP contribution in [0.2, 0.25) is 0 Å². The molecular formula is C17H25N5O5. The third kappa shape index (κ3) is 9.10. The van der Waals surface area contributed by atoms with Crippen molar-refractivity contribution in [1.29, 1.82) is 5.41 Å². The SMILES string of the molecule is CC(NC(=O)OCc1ccccc1)C(=O)NC(CCCNC(=N)N)C(=O)O. The fourth-order valence-corrected chi connectivity index (χ4v) is 2.09. The van der Waals surface area contributed by atoms with E-state index in [1.807, 2.05) is 18.2 Å². The number of benzene rings is 1. The van der Waals surface area contributed by atoms with Gasteiger partial charge in [-0.3, -0.25) is 10.2 Å². The Balaban J connectivity index is 2.39. The Labute approximate surface area is 157 Å². The molecule has 0 saturated heterocycles. The van der Waals surface area contributed by atoms with Gasteiger partial charge in [0.1, 0.15) is 18.7 Å². The summed E-state index contributed by atoms with van der Waals surface area (Å²) in [4.78, 5) is 35.1. The molecule has 10 nitrogen and oxygen atoms in total. The number of aliphatic carboxylic acids is 1. The van der Waals surface area contributed by atoms with Crippen LogP contribution >= 0.6 is 0 Å². The molecule has 0 aliphatic heterocycles. The van der Waals surface area contributed by atoms with Crippen LogP contribution in [0.4, 0.5) is 4.79 Å². The molecule has 0 bridgehead atoms. The first-order valence-electron chi connectivity index (χ1n) is 8.38. The van der Waals surface area contributed by atoms with Crippen LogP contribution in [-0.4, -0.2) is 47.7 Å². The van der Waals surface area contributed by atoms with E-state index >= 15 is 0 Å². The number of nitrogens with one attached hydrogen (secondary N) is 4. The van der Waals surface area contributed by atoms with Crippen molar-refractivity contribution in [2.45, 2.75) is 38.5 Å². The predicted molar refractivity (Wildman–Crippen MR) is 97.9 cm³/mol. The number of hydrogen-bond donors (Lipinski definition) is 6. The van der Waals surface area contributed by atoms with Gasteiger partial charge in [-0.2, -0.15) is 0 Å². The van der Waals surface area contributed by atoms with Crippen LogP contribution < -0.4 is 21.7 Å². The average Bonchev–Trinajstić information content (AvgIpc) is 2.62. The van der Waals surface area contributed by atoms with Crippen molar-refractivity contribution >= 4 is 23.9 Å². The minimum absolute atomic E-state index is 0.0575. The number of carboxylic acid groups (broad SMARTS) is 1. The Kier molecular flexibility index (Phi) is 9.13. The molecule has 27 heavy (non-hydrogen) atoms. The van der Waals surface area contributed by atoms with Crippen LogP contribution in [0.1, 0.15) is 25.3 Å². The van der Waals surface area contributed by atoms with Gasteiger partial charge in [-0.1, -0.05) is 30.3 Å². The van der Waals surface area contributed by atoms with Crippen LogP contribution in [0.3, 0.4) is 0 Å². The van der Waals surface area contributed by atoms with Crippen molar-refractivity contribution in [3.63, 3.8) is 0 Å². The third-order valence-electron chi connectivity index (χ3n) is 3.54. The van der Waals surface area contributed by atoms with Gasteiger partial charge in [-0.15, -0.1) is 0 Å². The summed E-state index contributed by atoms with van der Waals surface area (Å²) in [6.45, 7) is 1.80. The van der Waals surface area contributed by atoms with Crippen LogP contribution in [0, 0.1) is 5.41 Å². The fraction of sp³-hybridized carbons (Fsp3) is 0.412. The van der Waals surface area contributed by atoms with Crippen molar-refractivity contribution in [1.82, 2.24) is 16.0 Å². The molecule has 7 N–H and O–H groups in total. The zero-order valence-corrected chi connectivity index (χ0v) is 15.0. The lowest BCUT2D eigenvalue weighted by atomic mass is 10.1. The summed E-state index contributed by atoms with van der Waals surface area (Å²) >= 11 is 0.